The lowest BCUT2D eigenvalue weighted by molar-refractivity contribution is -0.128. The molecule has 2 aliphatic rings. The molecular weight excluding hydrogens is 442 g/mol. The number of ether oxygens (including phenoxy) is 1. The number of likely N-dealkylation sites (tertiary alicyclic amines) is 1. The summed E-state index contributed by atoms with van der Waals surface area (Å²) in [5.74, 6) is 1.25. The first-order valence-electron chi connectivity index (χ1n) is 12.3. The van der Waals surface area contributed by atoms with E-state index in [1.807, 2.05) is 26.0 Å². The Balaban J connectivity index is 1.49. The van der Waals surface area contributed by atoms with Crippen LogP contribution in [0.25, 0.3) is 22.3 Å². The van der Waals surface area contributed by atoms with Gasteiger partial charge < -0.3 is 19.9 Å². The van der Waals surface area contributed by atoms with Gasteiger partial charge in [0.25, 0.3) is 5.91 Å². The largest absolute Gasteiger partial charge is 0.493 e. The predicted octanol–water partition coefficient (Wildman–Crippen LogP) is 4.02. The number of rotatable bonds is 6. The summed E-state index contributed by atoms with van der Waals surface area (Å²) in [4.78, 5) is 39.6. The standard InChI is InChI=1S/C27H33N5O3/c1-15-6-9-20(35-12-18-7-8-18)19(10-15)23-25-24(29-14-28-23)22(16(2)30-25)26(34)31-21-11-32(17(3)33)13-27(21,4)5/h6,9-10,14,18,21,30H,7-8,11-13H2,1-5H3,(H,31,34). The Morgan fingerprint density at radius 1 is 1.23 bits per heavy atom. The van der Waals surface area contributed by atoms with Gasteiger partial charge in [-0.2, -0.15) is 0 Å². The molecule has 8 nitrogen and oxygen atoms in total. The molecular formula is C27H33N5O3. The summed E-state index contributed by atoms with van der Waals surface area (Å²) in [5.41, 5.74) is 5.02. The van der Waals surface area contributed by atoms with Crippen molar-refractivity contribution in [2.24, 2.45) is 11.3 Å². The first-order chi connectivity index (χ1) is 16.6. The van der Waals surface area contributed by atoms with Crippen molar-refractivity contribution in [3.05, 3.63) is 41.3 Å². The number of nitrogens with one attached hydrogen (secondary N) is 2. The summed E-state index contributed by atoms with van der Waals surface area (Å²) in [6.45, 7) is 11.5. The lowest BCUT2D eigenvalue weighted by Crippen LogP contribution is -2.44. The molecule has 35 heavy (non-hydrogen) atoms. The zero-order valence-corrected chi connectivity index (χ0v) is 21.1. The molecule has 1 unspecified atom stereocenters. The van der Waals surface area contributed by atoms with Crippen LogP contribution in [0.1, 0.15) is 55.2 Å². The monoisotopic (exact) mass is 475 g/mol. The van der Waals surface area contributed by atoms with Crippen molar-refractivity contribution in [1.29, 1.82) is 0 Å². The van der Waals surface area contributed by atoms with Crippen LogP contribution in [-0.4, -0.2) is 57.4 Å². The molecule has 1 saturated carbocycles. The Hall–Kier alpha value is -3.42. The Morgan fingerprint density at radius 3 is 2.69 bits per heavy atom. The molecule has 5 rings (SSSR count). The molecule has 2 fully saturated rings. The zero-order valence-electron chi connectivity index (χ0n) is 21.1. The molecule has 3 heterocycles. The van der Waals surface area contributed by atoms with Gasteiger partial charge in [-0.05, 0) is 44.7 Å². The third-order valence-corrected chi connectivity index (χ3v) is 7.26. The van der Waals surface area contributed by atoms with E-state index in [0.717, 1.165) is 28.3 Å². The maximum absolute atomic E-state index is 13.5. The second-order valence-electron chi connectivity index (χ2n) is 10.7. The summed E-state index contributed by atoms with van der Waals surface area (Å²) < 4.78 is 6.16. The highest BCUT2D eigenvalue weighted by Crippen LogP contribution is 2.37. The zero-order chi connectivity index (χ0) is 24.9. The van der Waals surface area contributed by atoms with Crippen molar-refractivity contribution in [3.8, 4) is 17.0 Å². The third-order valence-electron chi connectivity index (χ3n) is 7.26. The number of aryl methyl sites for hydroxylation is 2. The molecule has 1 aromatic carbocycles. The number of benzene rings is 1. The molecule has 2 aromatic heterocycles. The SMILES string of the molecule is CC(=O)N1CC(NC(=O)c2c(C)[nH]c3c(-c4cc(C)ccc4OCC4CC4)ncnc23)C(C)(C)C1. The van der Waals surface area contributed by atoms with Crippen LogP contribution in [0, 0.1) is 25.2 Å². The fourth-order valence-corrected chi connectivity index (χ4v) is 4.90. The van der Waals surface area contributed by atoms with E-state index in [0.29, 0.717) is 42.2 Å². The Labute approximate surface area is 205 Å². The molecule has 0 bridgehead atoms. The number of fused-ring (bicyclic) bond motifs is 1. The molecule has 1 aliphatic carbocycles. The van der Waals surface area contributed by atoms with Crippen molar-refractivity contribution < 1.29 is 14.3 Å². The topological polar surface area (TPSA) is 100 Å². The number of amides is 2. The Morgan fingerprint density at radius 2 is 2.00 bits per heavy atom. The van der Waals surface area contributed by atoms with Gasteiger partial charge in [0.15, 0.2) is 0 Å². The van der Waals surface area contributed by atoms with Crippen LogP contribution in [-0.2, 0) is 4.79 Å². The first-order valence-corrected chi connectivity index (χ1v) is 12.3. The van der Waals surface area contributed by atoms with E-state index in [4.69, 9.17) is 4.74 Å². The van der Waals surface area contributed by atoms with E-state index in [2.05, 4.69) is 40.2 Å². The van der Waals surface area contributed by atoms with Crippen LogP contribution in [0.2, 0.25) is 0 Å². The molecule has 0 spiro atoms. The average molecular weight is 476 g/mol. The molecule has 1 atom stereocenters. The lowest BCUT2D eigenvalue weighted by atomic mass is 9.87. The summed E-state index contributed by atoms with van der Waals surface area (Å²) in [5, 5.41) is 3.17. The Bertz CT molecular complexity index is 1310. The molecule has 3 aromatic rings. The van der Waals surface area contributed by atoms with Gasteiger partial charge in [0.1, 0.15) is 23.3 Å². The van der Waals surface area contributed by atoms with Crippen molar-refractivity contribution >= 4 is 22.8 Å². The summed E-state index contributed by atoms with van der Waals surface area (Å²) >= 11 is 0. The minimum absolute atomic E-state index is 0.0216. The third kappa shape index (κ3) is 4.49. The van der Waals surface area contributed by atoms with Crippen LogP contribution < -0.4 is 10.1 Å². The number of aromatic amines is 1. The number of nitrogens with zero attached hydrogens (tertiary/aromatic N) is 3. The van der Waals surface area contributed by atoms with E-state index in [1.54, 1.807) is 11.8 Å². The van der Waals surface area contributed by atoms with Crippen LogP contribution in [0.4, 0.5) is 0 Å². The maximum Gasteiger partial charge on any atom is 0.255 e. The van der Waals surface area contributed by atoms with Gasteiger partial charge in [-0.3, -0.25) is 9.59 Å². The van der Waals surface area contributed by atoms with Crippen LogP contribution in [0.3, 0.4) is 0 Å². The highest BCUT2D eigenvalue weighted by atomic mass is 16.5. The van der Waals surface area contributed by atoms with Crippen LogP contribution in [0.15, 0.2) is 24.5 Å². The molecule has 0 radical (unpaired) electrons. The summed E-state index contributed by atoms with van der Waals surface area (Å²) in [7, 11) is 0. The normalized spacial score (nSPS) is 19.2. The maximum atomic E-state index is 13.5. The number of hydrogen-bond donors (Lipinski definition) is 2. The second kappa shape index (κ2) is 8.66. The molecule has 8 heteroatoms. The minimum atomic E-state index is -0.225. The van der Waals surface area contributed by atoms with Gasteiger partial charge in [0, 0.05) is 36.7 Å². The summed E-state index contributed by atoms with van der Waals surface area (Å²) in [6, 6.07) is 5.95. The molecule has 2 N–H and O–H groups in total. The number of H-pyrrole nitrogens is 1. The fraction of sp³-hybridized carbons (Fsp3) is 0.481. The van der Waals surface area contributed by atoms with Crippen LogP contribution in [0.5, 0.6) is 5.75 Å². The van der Waals surface area contributed by atoms with Gasteiger partial charge in [-0.1, -0.05) is 25.5 Å². The van der Waals surface area contributed by atoms with Gasteiger partial charge in [-0.25, -0.2) is 9.97 Å². The number of carbonyl (C=O) groups is 2. The van der Waals surface area contributed by atoms with Gasteiger partial charge >= 0.3 is 0 Å². The van der Waals surface area contributed by atoms with Crippen molar-refractivity contribution in [2.45, 2.75) is 53.5 Å². The highest BCUT2D eigenvalue weighted by molar-refractivity contribution is 6.09. The minimum Gasteiger partial charge on any atom is -0.493 e. The van der Waals surface area contributed by atoms with Gasteiger partial charge in [0.05, 0.1) is 23.7 Å². The Kier molecular flexibility index (Phi) is 5.77. The number of hydrogen-bond acceptors (Lipinski definition) is 5. The number of carbonyl (C=O) groups excluding carboxylic acids is 2. The van der Waals surface area contributed by atoms with Crippen molar-refractivity contribution in [3.63, 3.8) is 0 Å². The molecule has 184 valence electrons. The van der Waals surface area contributed by atoms with E-state index < -0.39 is 0 Å². The van der Waals surface area contributed by atoms with E-state index >= 15 is 0 Å². The fourth-order valence-electron chi connectivity index (χ4n) is 4.90. The molecule has 1 saturated heterocycles. The van der Waals surface area contributed by atoms with Crippen molar-refractivity contribution in [2.75, 3.05) is 19.7 Å². The predicted molar refractivity (Wildman–Crippen MR) is 134 cm³/mol. The smallest absolute Gasteiger partial charge is 0.255 e. The molecule has 1 aliphatic heterocycles. The van der Waals surface area contributed by atoms with Gasteiger partial charge in [-0.15, -0.1) is 0 Å². The van der Waals surface area contributed by atoms with Crippen molar-refractivity contribution in [1.82, 2.24) is 25.2 Å². The van der Waals surface area contributed by atoms with E-state index in [9.17, 15) is 9.59 Å². The number of aromatic nitrogens is 3. The van der Waals surface area contributed by atoms with Crippen LogP contribution >= 0.6 is 0 Å². The van der Waals surface area contributed by atoms with Gasteiger partial charge in [0.2, 0.25) is 5.91 Å². The first kappa shape index (κ1) is 23.3. The van der Waals surface area contributed by atoms with E-state index in [-0.39, 0.29) is 23.3 Å². The second-order valence-corrected chi connectivity index (χ2v) is 10.7. The lowest BCUT2D eigenvalue weighted by Gasteiger charge is -2.26. The van der Waals surface area contributed by atoms with E-state index in [1.165, 1.54) is 19.2 Å². The quantitative estimate of drug-likeness (QED) is 0.561. The average Bonchev–Trinajstić information content (AvgIpc) is 3.49. The highest BCUT2D eigenvalue weighted by Gasteiger charge is 2.41. The molecule has 2 amide bonds. The summed E-state index contributed by atoms with van der Waals surface area (Å²) in [6.07, 6.45) is 3.94.